The van der Waals surface area contributed by atoms with E-state index in [4.69, 9.17) is 5.73 Å². The van der Waals surface area contributed by atoms with E-state index in [-0.39, 0.29) is 0 Å². The van der Waals surface area contributed by atoms with Gasteiger partial charge in [-0.05, 0) is 56.8 Å². The Hall–Kier alpha value is -1.13. The van der Waals surface area contributed by atoms with Crippen molar-refractivity contribution in [3.05, 3.63) is 23.9 Å². The molecule has 0 bridgehead atoms. The molecule has 1 aromatic heterocycles. The van der Waals surface area contributed by atoms with E-state index in [0.717, 1.165) is 32.4 Å². The second-order valence-corrected chi connectivity index (χ2v) is 6.98. The molecule has 3 rings (SSSR count). The van der Waals surface area contributed by atoms with Crippen molar-refractivity contribution in [1.82, 2.24) is 9.88 Å². The summed E-state index contributed by atoms with van der Waals surface area (Å²) >= 11 is 0. The fourth-order valence-electron chi connectivity index (χ4n) is 4.28. The molecular weight excluding hydrogens is 262 g/mol. The molecule has 0 spiro atoms. The maximum atomic E-state index is 10.8. The molecule has 2 aliphatic rings. The van der Waals surface area contributed by atoms with Crippen molar-refractivity contribution in [1.29, 1.82) is 0 Å². The molecular formula is C17H27N3O. The number of hydrogen-bond donors (Lipinski definition) is 2. The highest BCUT2D eigenvalue weighted by Gasteiger charge is 2.43. The van der Waals surface area contributed by atoms with Gasteiger partial charge in [0.25, 0.3) is 0 Å². The van der Waals surface area contributed by atoms with Gasteiger partial charge in [0.05, 0.1) is 5.60 Å². The van der Waals surface area contributed by atoms with Gasteiger partial charge in [0.2, 0.25) is 0 Å². The normalized spacial score (nSPS) is 34.2. The van der Waals surface area contributed by atoms with Gasteiger partial charge in [0, 0.05) is 24.7 Å². The molecule has 1 aliphatic heterocycles. The maximum Gasteiger partial charge on any atom is 0.123 e. The lowest BCUT2D eigenvalue weighted by Gasteiger charge is -2.43. The lowest BCUT2D eigenvalue weighted by molar-refractivity contribution is -0.0628. The molecule has 2 fully saturated rings. The molecule has 3 N–H and O–H groups in total. The molecule has 1 saturated heterocycles. The Labute approximate surface area is 127 Å². The molecule has 3 atom stereocenters. The van der Waals surface area contributed by atoms with Gasteiger partial charge in [-0.3, -0.25) is 4.90 Å². The molecule has 0 aromatic carbocycles. The van der Waals surface area contributed by atoms with Crippen LogP contribution >= 0.6 is 0 Å². The first kappa shape index (κ1) is 14.8. The molecule has 0 amide bonds. The van der Waals surface area contributed by atoms with Crippen molar-refractivity contribution in [2.75, 3.05) is 12.3 Å². The summed E-state index contributed by atoms with van der Waals surface area (Å²) < 4.78 is 0. The van der Waals surface area contributed by atoms with Crippen molar-refractivity contribution < 1.29 is 5.11 Å². The second kappa shape index (κ2) is 5.93. The molecule has 21 heavy (non-hydrogen) atoms. The van der Waals surface area contributed by atoms with Crippen LogP contribution in [0.4, 0.5) is 5.82 Å². The quantitative estimate of drug-likeness (QED) is 0.898. The summed E-state index contributed by atoms with van der Waals surface area (Å²) in [5, 5.41) is 10.8. The molecule has 1 saturated carbocycles. The number of hydrogen-bond acceptors (Lipinski definition) is 4. The Kier molecular flexibility index (Phi) is 4.18. The molecule has 116 valence electrons. The third kappa shape index (κ3) is 3.22. The first-order valence-electron chi connectivity index (χ1n) is 8.23. The van der Waals surface area contributed by atoms with Crippen LogP contribution in [0.5, 0.6) is 0 Å². The highest BCUT2D eigenvalue weighted by Crippen LogP contribution is 2.41. The predicted molar refractivity (Wildman–Crippen MR) is 84.7 cm³/mol. The number of aromatic nitrogens is 1. The van der Waals surface area contributed by atoms with Crippen LogP contribution in [-0.2, 0) is 6.54 Å². The molecule has 3 unspecified atom stereocenters. The molecule has 2 heterocycles. The number of anilines is 1. The van der Waals surface area contributed by atoms with Gasteiger partial charge < -0.3 is 10.8 Å². The average Bonchev–Trinajstić information content (AvgIpc) is 2.86. The third-order valence-corrected chi connectivity index (χ3v) is 5.36. The van der Waals surface area contributed by atoms with Gasteiger partial charge in [-0.2, -0.15) is 0 Å². The van der Waals surface area contributed by atoms with E-state index in [2.05, 4.69) is 9.88 Å². The van der Waals surface area contributed by atoms with E-state index in [9.17, 15) is 5.11 Å². The molecule has 4 nitrogen and oxygen atoms in total. The van der Waals surface area contributed by atoms with Crippen LogP contribution in [0, 0.1) is 5.92 Å². The summed E-state index contributed by atoms with van der Waals surface area (Å²) in [6.45, 7) is 4.08. The summed E-state index contributed by atoms with van der Waals surface area (Å²) in [7, 11) is 0. The van der Waals surface area contributed by atoms with Gasteiger partial charge in [-0.1, -0.05) is 12.8 Å². The number of rotatable bonds is 3. The third-order valence-electron chi connectivity index (χ3n) is 5.36. The van der Waals surface area contributed by atoms with Gasteiger partial charge in [-0.25, -0.2) is 4.98 Å². The average molecular weight is 289 g/mol. The van der Waals surface area contributed by atoms with Crippen LogP contribution in [0.2, 0.25) is 0 Å². The number of nitrogens with zero attached hydrogens (tertiary/aromatic N) is 2. The fourth-order valence-corrected chi connectivity index (χ4v) is 4.28. The van der Waals surface area contributed by atoms with E-state index in [1.807, 2.05) is 19.1 Å². The van der Waals surface area contributed by atoms with Gasteiger partial charge in [0.15, 0.2) is 0 Å². The van der Waals surface area contributed by atoms with E-state index >= 15 is 0 Å². The zero-order valence-electron chi connectivity index (χ0n) is 13.0. The Bertz CT molecular complexity index is 489. The van der Waals surface area contributed by atoms with Gasteiger partial charge in [-0.15, -0.1) is 0 Å². The van der Waals surface area contributed by atoms with Crippen molar-refractivity contribution in [3.8, 4) is 0 Å². The zero-order chi connectivity index (χ0) is 14.9. The van der Waals surface area contributed by atoms with E-state index in [1.165, 1.54) is 24.8 Å². The lowest BCUT2D eigenvalue weighted by Crippen LogP contribution is -2.48. The minimum atomic E-state index is -0.497. The van der Waals surface area contributed by atoms with Crippen molar-refractivity contribution in [2.45, 2.75) is 63.6 Å². The SMILES string of the molecule is CC1(O)CCCCC1C1CCCN1Cc1ccnc(N)c1. The van der Waals surface area contributed by atoms with Gasteiger partial charge in [0.1, 0.15) is 5.82 Å². The molecule has 4 heteroatoms. The highest BCUT2D eigenvalue weighted by molar-refractivity contribution is 5.31. The summed E-state index contributed by atoms with van der Waals surface area (Å²) in [6, 6.07) is 4.52. The topological polar surface area (TPSA) is 62.4 Å². The number of aliphatic hydroxyl groups is 1. The van der Waals surface area contributed by atoms with E-state index in [1.54, 1.807) is 6.20 Å². The smallest absolute Gasteiger partial charge is 0.123 e. The zero-order valence-corrected chi connectivity index (χ0v) is 13.0. The van der Waals surface area contributed by atoms with Crippen molar-refractivity contribution in [3.63, 3.8) is 0 Å². The first-order chi connectivity index (χ1) is 10.1. The van der Waals surface area contributed by atoms with Crippen LogP contribution in [-0.4, -0.2) is 33.2 Å². The van der Waals surface area contributed by atoms with Crippen molar-refractivity contribution in [2.24, 2.45) is 5.92 Å². The number of likely N-dealkylation sites (tertiary alicyclic amines) is 1. The number of pyridine rings is 1. The fraction of sp³-hybridized carbons (Fsp3) is 0.706. The summed E-state index contributed by atoms with van der Waals surface area (Å²) in [5.74, 6) is 1.00. The van der Waals surface area contributed by atoms with Crippen LogP contribution in [0.25, 0.3) is 0 Å². The second-order valence-electron chi connectivity index (χ2n) is 6.98. The molecule has 1 aliphatic carbocycles. The Balaban J connectivity index is 1.73. The summed E-state index contributed by atoms with van der Waals surface area (Å²) in [6.07, 6.45) is 8.76. The summed E-state index contributed by atoms with van der Waals surface area (Å²) in [5.41, 5.74) is 6.51. The lowest BCUT2D eigenvalue weighted by atomic mass is 9.72. The van der Waals surface area contributed by atoms with Gasteiger partial charge >= 0.3 is 0 Å². The van der Waals surface area contributed by atoms with Crippen molar-refractivity contribution >= 4 is 5.82 Å². The monoisotopic (exact) mass is 289 g/mol. The molecule has 1 aromatic rings. The van der Waals surface area contributed by atoms with E-state index < -0.39 is 5.60 Å². The Morgan fingerprint density at radius 2 is 2.24 bits per heavy atom. The predicted octanol–water partition coefficient (Wildman–Crippen LogP) is 2.57. The van der Waals surface area contributed by atoms with Crippen LogP contribution in [0.3, 0.4) is 0 Å². The number of nitrogen functional groups attached to an aromatic ring is 1. The molecule has 0 radical (unpaired) electrons. The minimum Gasteiger partial charge on any atom is -0.390 e. The largest absolute Gasteiger partial charge is 0.390 e. The van der Waals surface area contributed by atoms with Crippen LogP contribution < -0.4 is 5.73 Å². The minimum absolute atomic E-state index is 0.410. The summed E-state index contributed by atoms with van der Waals surface area (Å²) in [4.78, 5) is 6.61. The number of nitrogens with two attached hydrogens (primary N) is 1. The van der Waals surface area contributed by atoms with Crippen LogP contribution in [0.15, 0.2) is 18.3 Å². The standard InChI is InChI=1S/C17H27N3O/c1-17(21)8-3-2-5-14(17)15-6-4-10-20(15)12-13-7-9-19-16(18)11-13/h7,9,11,14-15,21H,2-6,8,10,12H2,1H3,(H2,18,19). The highest BCUT2D eigenvalue weighted by atomic mass is 16.3. The first-order valence-corrected chi connectivity index (χ1v) is 8.23. The maximum absolute atomic E-state index is 10.8. The Morgan fingerprint density at radius 1 is 1.38 bits per heavy atom. The Morgan fingerprint density at radius 3 is 3.00 bits per heavy atom. The van der Waals surface area contributed by atoms with Crippen LogP contribution in [0.1, 0.15) is 51.0 Å². The van der Waals surface area contributed by atoms with E-state index in [0.29, 0.717) is 17.8 Å².